The van der Waals surface area contributed by atoms with E-state index >= 15 is 0 Å². The SMILES string of the molecule is Cc1cc2ccc(C(=O)NC3CC4CCN(C4)C3)cc2o1. The molecule has 110 valence electrons. The Hall–Kier alpha value is -1.81. The molecule has 3 atom stereocenters. The fourth-order valence-corrected chi connectivity index (χ4v) is 3.74. The van der Waals surface area contributed by atoms with Gasteiger partial charge in [0, 0.05) is 30.1 Å². The third-order valence-corrected chi connectivity index (χ3v) is 4.71. The Bertz CT molecular complexity index is 679. The molecule has 0 radical (unpaired) electrons. The second-order valence-corrected chi connectivity index (χ2v) is 6.43. The maximum Gasteiger partial charge on any atom is 0.251 e. The summed E-state index contributed by atoms with van der Waals surface area (Å²) < 4.78 is 5.60. The van der Waals surface area contributed by atoms with E-state index in [0.717, 1.165) is 35.6 Å². The topological polar surface area (TPSA) is 45.5 Å². The Kier molecular flexibility index (Phi) is 3.00. The number of rotatable bonds is 2. The Balaban J connectivity index is 1.50. The van der Waals surface area contributed by atoms with E-state index in [1.807, 2.05) is 31.2 Å². The maximum absolute atomic E-state index is 12.4. The molecule has 4 nitrogen and oxygen atoms in total. The van der Waals surface area contributed by atoms with Gasteiger partial charge in [-0.2, -0.15) is 0 Å². The highest BCUT2D eigenvalue weighted by Crippen LogP contribution is 2.27. The Morgan fingerprint density at radius 1 is 1.33 bits per heavy atom. The van der Waals surface area contributed by atoms with Crippen molar-refractivity contribution in [3.8, 4) is 0 Å². The summed E-state index contributed by atoms with van der Waals surface area (Å²) in [5.41, 5.74) is 1.47. The van der Waals surface area contributed by atoms with E-state index in [1.54, 1.807) is 0 Å². The summed E-state index contributed by atoms with van der Waals surface area (Å²) in [4.78, 5) is 14.9. The van der Waals surface area contributed by atoms with E-state index < -0.39 is 0 Å². The number of hydrogen-bond donors (Lipinski definition) is 1. The fourth-order valence-electron chi connectivity index (χ4n) is 3.74. The van der Waals surface area contributed by atoms with Gasteiger partial charge in [-0.05, 0) is 50.4 Å². The summed E-state index contributed by atoms with van der Waals surface area (Å²) in [5.74, 6) is 1.65. The van der Waals surface area contributed by atoms with Gasteiger partial charge in [0.2, 0.25) is 0 Å². The van der Waals surface area contributed by atoms with Crippen LogP contribution in [0.2, 0.25) is 0 Å². The number of carbonyl (C=O) groups is 1. The van der Waals surface area contributed by atoms with Crippen LogP contribution in [-0.4, -0.2) is 36.5 Å². The van der Waals surface area contributed by atoms with E-state index in [0.29, 0.717) is 5.56 Å². The van der Waals surface area contributed by atoms with E-state index in [2.05, 4.69) is 10.2 Å². The molecule has 3 unspecified atom stereocenters. The van der Waals surface area contributed by atoms with Gasteiger partial charge in [0.25, 0.3) is 5.91 Å². The first-order valence-corrected chi connectivity index (χ1v) is 7.71. The molecule has 1 amide bonds. The van der Waals surface area contributed by atoms with E-state index in [-0.39, 0.29) is 11.9 Å². The zero-order chi connectivity index (χ0) is 14.4. The van der Waals surface area contributed by atoms with Crippen molar-refractivity contribution in [2.24, 2.45) is 5.92 Å². The molecule has 21 heavy (non-hydrogen) atoms. The zero-order valence-electron chi connectivity index (χ0n) is 12.3. The molecule has 2 aliphatic heterocycles. The van der Waals surface area contributed by atoms with Crippen LogP contribution in [0, 0.1) is 12.8 Å². The van der Waals surface area contributed by atoms with Crippen molar-refractivity contribution in [3.05, 3.63) is 35.6 Å². The minimum Gasteiger partial charge on any atom is -0.461 e. The van der Waals surface area contributed by atoms with Gasteiger partial charge in [-0.1, -0.05) is 6.07 Å². The largest absolute Gasteiger partial charge is 0.461 e. The minimum absolute atomic E-state index is 0.0125. The molecule has 1 N–H and O–H groups in total. The number of aryl methyl sites for hydroxylation is 1. The highest BCUT2D eigenvalue weighted by molar-refractivity contribution is 5.97. The first-order valence-electron chi connectivity index (χ1n) is 7.71. The van der Waals surface area contributed by atoms with Crippen molar-refractivity contribution in [3.63, 3.8) is 0 Å². The van der Waals surface area contributed by atoms with Crippen LogP contribution in [0.1, 0.15) is 29.0 Å². The molecule has 0 spiro atoms. The summed E-state index contributed by atoms with van der Waals surface area (Å²) in [6.45, 7) is 5.31. The molecule has 2 bridgehead atoms. The van der Waals surface area contributed by atoms with Crippen LogP contribution in [0.15, 0.2) is 28.7 Å². The Labute approximate surface area is 124 Å². The van der Waals surface area contributed by atoms with Gasteiger partial charge in [0.05, 0.1) is 0 Å². The van der Waals surface area contributed by atoms with Crippen molar-refractivity contribution >= 4 is 16.9 Å². The predicted molar refractivity (Wildman–Crippen MR) is 81.4 cm³/mol. The molecule has 0 saturated carbocycles. The number of amides is 1. The molecule has 4 rings (SSSR count). The molecule has 2 fully saturated rings. The van der Waals surface area contributed by atoms with Gasteiger partial charge in [-0.25, -0.2) is 0 Å². The van der Waals surface area contributed by atoms with Crippen LogP contribution in [0.4, 0.5) is 0 Å². The van der Waals surface area contributed by atoms with Gasteiger partial charge in [0.1, 0.15) is 11.3 Å². The standard InChI is InChI=1S/C17H20N2O2/c1-11-6-13-2-3-14(8-16(13)21-11)17(20)18-15-7-12-4-5-19(9-12)10-15/h2-3,6,8,12,15H,4-5,7,9-10H2,1H3,(H,18,20). The number of hydrogen-bond acceptors (Lipinski definition) is 3. The molecular formula is C17H20N2O2. The smallest absolute Gasteiger partial charge is 0.251 e. The summed E-state index contributed by atoms with van der Waals surface area (Å²) in [5, 5.41) is 4.23. The maximum atomic E-state index is 12.4. The van der Waals surface area contributed by atoms with Gasteiger partial charge in [-0.15, -0.1) is 0 Å². The lowest BCUT2D eigenvalue weighted by Crippen LogP contribution is -2.47. The van der Waals surface area contributed by atoms with E-state index in [9.17, 15) is 4.79 Å². The molecule has 3 heterocycles. The van der Waals surface area contributed by atoms with Crippen molar-refractivity contribution in [1.82, 2.24) is 10.2 Å². The third kappa shape index (κ3) is 2.44. The van der Waals surface area contributed by atoms with Crippen LogP contribution in [0.5, 0.6) is 0 Å². The predicted octanol–water partition coefficient (Wildman–Crippen LogP) is 2.57. The van der Waals surface area contributed by atoms with Crippen molar-refractivity contribution < 1.29 is 9.21 Å². The second kappa shape index (κ2) is 4.88. The summed E-state index contributed by atoms with van der Waals surface area (Å²) in [6.07, 6.45) is 2.40. The summed E-state index contributed by atoms with van der Waals surface area (Å²) in [6, 6.07) is 7.95. The third-order valence-electron chi connectivity index (χ3n) is 4.71. The van der Waals surface area contributed by atoms with Crippen LogP contribution in [0.25, 0.3) is 11.0 Å². The van der Waals surface area contributed by atoms with E-state index in [4.69, 9.17) is 4.42 Å². The van der Waals surface area contributed by atoms with Gasteiger partial charge in [-0.3, -0.25) is 4.79 Å². The lowest BCUT2D eigenvalue weighted by atomic mass is 9.96. The summed E-state index contributed by atoms with van der Waals surface area (Å²) in [7, 11) is 0. The first-order chi connectivity index (χ1) is 10.2. The number of nitrogens with zero attached hydrogens (tertiary/aromatic N) is 1. The highest BCUT2D eigenvalue weighted by atomic mass is 16.3. The Morgan fingerprint density at radius 2 is 2.24 bits per heavy atom. The molecule has 1 aromatic heterocycles. The molecular weight excluding hydrogens is 264 g/mol. The average molecular weight is 284 g/mol. The van der Waals surface area contributed by atoms with Gasteiger partial charge >= 0.3 is 0 Å². The molecule has 0 aliphatic carbocycles. The minimum atomic E-state index is 0.0125. The number of furan rings is 1. The molecule has 2 aromatic rings. The lowest BCUT2D eigenvalue weighted by molar-refractivity contribution is 0.0909. The number of carbonyl (C=O) groups excluding carboxylic acids is 1. The first kappa shape index (κ1) is 12.9. The van der Waals surface area contributed by atoms with E-state index in [1.165, 1.54) is 19.5 Å². The van der Waals surface area contributed by atoms with Gasteiger partial charge < -0.3 is 14.6 Å². The molecule has 2 saturated heterocycles. The normalized spacial score (nSPS) is 28.0. The van der Waals surface area contributed by atoms with Crippen LogP contribution < -0.4 is 5.32 Å². The van der Waals surface area contributed by atoms with Gasteiger partial charge in [0.15, 0.2) is 0 Å². The number of fused-ring (bicyclic) bond motifs is 3. The van der Waals surface area contributed by atoms with Crippen molar-refractivity contribution in [1.29, 1.82) is 0 Å². The molecule has 1 aromatic carbocycles. The van der Waals surface area contributed by atoms with Crippen molar-refractivity contribution in [2.45, 2.75) is 25.8 Å². The summed E-state index contributed by atoms with van der Waals surface area (Å²) >= 11 is 0. The molecule has 2 aliphatic rings. The Morgan fingerprint density at radius 3 is 3.10 bits per heavy atom. The van der Waals surface area contributed by atoms with Crippen LogP contribution in [0.3, 0.4) is 0 Å². The monoisotopic (exact) mass is 284 g/mol. The van der Waals surface area contributed by atoms with Crippen molar-refractivity contribution in [2.75, 3.05) is 19.6 Å². The number of nitrogens with one attached hydrogen (secondary N) is 1. The zero-order valence-corrected chi connectivity index (χ0v) is 12.3. The lowest BCUT2D eigenvalue weighted by Gasteiger charge is -2.30. The second-order valence-electron chi connectivity index (χ2n) is 6.43. The van der Waals surface area contributed by atoms with Crippen LogP contribution >= 0.6 is 0 Å². The van der Waals surface area contributed by atoms with Crippen LogP contribution in [-0.2, 0) is 0 Å². The fraction of sp³-hybridized carbons (Fsp3) is 0.471. The highest BCUT2D eigenvalue weighted by Gasteiger charge is 2.32. The number of benzene rings is 1. The number of piperidine rings is 1. The quantitative estimate of drug-likeness (QED) is 0.922. The molecule has 4 heteroatoms. The average Bonchev–Trinajstić information content (AvgIpc) is 2.99.